The van der Waals surface area contributed by atoms with Gasteiger partial charge in [0, 0.05) is 26.1 Å². The van der Waals surface area contributed by atoms with Crippen LogP contribution in [0.3, 0.4) is 0 Å². The number of hydrogen-bond acceptors (Lipinski definition) is 4. The zero-order valence-corrected chi connectivity index (χ0v) is 21.1. The molecule has 0 heterocycles. The largest absolute Gasteiger partial charge is 0.490 e. The molecule has 4 nitrogen and oxygen atoms in total. The van der Waals surface area contributed by atoms with E-state index in [2.05, 4.69) is 32.7 Å². The van der Waals surface area contributed by atoms with E-state index in [9.17, 15) is 4.79 Å². The third-order valence-electron chi connectivity index (χ3n) is 5.64. The number of hydrogen-bond donors (Lipinski definition) is 0. The van der Waals surface area contributed by atoms with Gasteiger partial charge in [-0.15, -0.1) is 0 Å². The molecule has 32 heavy (non-hydrogen) atoms. The summed E-state index contributed by atoms with van der Waals surface area (Å²) in [5, 5.41) is 0. The molecule has 1 unspecified atom stereocenters. The van der Waals surface area contributed by atoms with Crippen molar-refractivity contribution in [2.24, 2.45) is 5.92 Å². The van der Waals surface area contributed by atoms with Gasteiger partial charge in [-0.05, 0) is 31.3 Å². The van der Waals surface area contributed by atoms with E-state index in [0.29, 0.717) is 32.8 Å². The lowest BCUT2D eigenvalue weighted by Crippen LogP contribution is -2.13. The minimum atomic E-state index is 0.0497. The Bertz CT molecular complexity index is 494. The van der Waals surface area contributed by atoms with E-state index in [1.54, 1.807) is 0 Å². The van der Waals surface area contributed by atoms with Crippen molar-refractivity contribution in [1.29, 1.82) is 0 Å². The molecule has 0 bridgehead atoms. The molecule has 1 atom stereocenters. The van der Waals surface area contributed by atoms with Crippen molar-refractivity contribution in [3.8, 4) is 0 Å². The van der Waals surface area contributed by atoms with Crippen LogP contribution >= 0.6 is 0 Å². The Morgan fingerprint density at radius 2 is 1.38 bits per heavy atom. The fraction of sp³-hybridized carbons (Fsp3) is 0.786. The third kappa shape index (κ3) is 20.5. The van der Waals surface area contributed by atoms with Crippen molar-refractivity contribution in [3.63, 3.8) is 0 Å². The number of ketones is 1. The van der Waals surface area contributed by atoms with Crippen molar-refractivity contribution in [2.45, 2.75) is 110 Å². The van der Waals surface area contributed by atoms with Crippen LogP contribution in [0.15, 0.2) is 30.7 Å². The zero-order chi connectivity index (χ0) is 23.7. The molecule has 0 N–H and O–H groups in total. The van der Waals surface area contributed by atoms with E-state index in [0.717, 1.165) is 31.6 Å². The van der Waals surface area contributed by atoms with Crippen LogP contribution in [0.1, 0.15) is 110 Å². The summed E-state index contributed by atoms with van der Waals surface area (Å²) < 4.78 is 17.1. The number of allylic oxidation sites excluding steroid dienone is 2. The van der Waals surface area contributed by atoms with Gasteiger partial charge in [0.2, 0.25) is 0 Å². The lowest BCUT2D eigenvalue weighted by molar-refractivity contribution is -0.115. The van der Waals surface area contributed by atoms with Crippen LogP contribution in [0.5, 0.6) is 0 Å². The monoisotopic (exact) mass is 450 g/mol. The van der Waals surface area contributed by atoms with E-state index in [-0.39, 0.29) is 11.7 Å². The van der Waals surface area contributed by atoms with Crippen LogP contribution in [0.2, 0.25) is 0 Å². The first-order chi connectivity index (χ1) is 15.7. The van der Waals surface area contributed by atoms with Crippen molar-refractivity contribution >= 4 is 5.78 Å². The minimum Gasteiger partial charge on any atom is -0.490 e. The van der Waals surface area contributed by atoms with Gasteiger partial charge in [-0.25, -0.2) is 0 Å². The Morgan fingerprint density at radius 3 is 1.97 bits per heavy atom. The van der Waals surface area contributed by atoms with E-state index < -0.39 is 0 Å². The van der Waals surface area contributed by atoms with Gasteiger partial charge in [0.05, 0.1) is 6.61 Å². The first-order valence-electron chi connectivity index (χ1n) is 13.0. The fourth-order valence-electron chi connectivity index (χ4n) is 3.58. The second-order valence-electron chi connectivity index (χ2n) is 8.65. The molecule has 0 aromatic rings. The van der Waals surface area contributed by atoms with Crippen LogP contribution in [-0.4, -0.2) is 32.4 Å². The predicted octanol–water partition coefficient (Wildman–Crippen LogP) is 7.93. The molecule has 0 amide bonds. The Hall–Kier alpha value is -1.35. The van der Waals surface area contributed by atoms with E-state index >= 15 is 0 Å². The maximum absolute atomic E-state index is 11.9. The van der Waals surface area contributed by atoms with Gasteiger partial charge in [-0.1, -0.05) is 96.9 Å². The molecule has 0 aromatic heterocycles. The van der Waals surface area contributed by atoms with Gasteiger partial charge in [-0.3, -0.25) is 4.79 Å². The Labute approximate surface area is 198 Å². The van der Waals surface area contributed by atoms with E-state index in [1.165, 1.54) is 70.3 Å². The standard InChI is InChI=1S/C28H50O4/c1-5-9-11-13-15-17-20-30-25-31-22-19-26(23-27(29)7-3)24-28(8-4)32-21-18-16-14-12-10-6-2/h7,26H,3-6,9-25H2,1-2H3. The summed E-state index contributed by atoms with van der Waals surface area (Å²) in [4.78, 5) is 11.9. The molecular weight excluding hydrogens is 400 g/mol. The Kier molecular flexibility index (Phi) is 23.3. The number of rotatable bonds is 25. The van der Waals surface area contributed by atoms with Crippen LogP contribution in [0.4, 0.5) is 0 Å². The highest BCUT2D eigenvalue weighted by atomic mass is 16.7. The molecule has 0 aliphatic rings. The van der Waals surface area contributed by atoms with Crippen LogP contribution in [-0.2, 0) is 19.0 Å². The molecular formula is C28H50O4. The van der Waals surface area contributed by atoms with Crippen molar-refractivity contribution < 1.29 is 19.0 Å². The SMILES string of the molecule is C=C=C(CC(CCOCOCCCCCCCC)CC(=O)C=C)OCCCCCCCC. The summed E-state index contributed by atoms with van der Waals surface area (Å²) in [7, 11) is 0. The first kappa shape index (κ1) is 30.6. The quantitative estimate of drug-likeness (QED) is 0.0466. The molecule has 0 fully saturated rings. The highest BCUT2D eigenvalue weighted by Gasteiger charge is 2.15. The molecule has 0 saturated carbocycles. The van der Waals surface area contributed by atoms with E-state index in [1.807, 2.05) is 0 Å². The number of unbranched alkanes of at least 4 members (excludes halogenated alkanes) is 10. The maximum atomic E-state index is 11.9. The summed E-state index contributed by atoms with van der Waals surface area (Å²) in [6.07, 6.45) is 18.2. The normalized spacial score (nSPS) is 11.7. The van der Waals surface area contributed by atoms with Gasteiger partial charge < -0.3 is 14.2 Å². The lowest BCUT2D eigenvalue weighted by atomic mass is 9.94. The van der Waals surface area contributed by atoms with Crippen LogP contribution in [0, 0.1) is 5.92 Å². The summed E-state index contributed by atoms with van der Waals surface area (Å²) in [5.74, 6) is 0.932. The topological polar surface area (TPSA) is 44.8 Å². The second kappa shape index (κ2) is 24.3. The summed E-state index contributed by atoms with van der Waals surface area (Å²) >= 11 is 0. The molecule has 0 rings (SSSR count). The molecule has 0 spiro atoms. The van der Waals surface area contributed by atoms with Gasteiger partial charge in [0.15, 0.2) is 5.78 Å². The Balaban J connectivity index is 4.05. The number of ether oxygens (including phenoxy) is 3. The Morgan fingerprint density at radius 1 is 0.812 bits per heavy atom. The molecule has 0 aliphatic carbocycles. The summed E-state index contributed by atoms with van der Waals surface area (Å²) in [6.45, 7) is 14.1. The zero-order valence-electron chi connectivity index (χ0n) is 21.1. The molecule has 0 aliphatic heterocycles. The summed E-state index contributed by atoms with van der Waals surface area (Å²) in [5.41, 5.74) is 2.92. The molecule has 4 heteroatoms. The van der Waals surface area contributed by atoms with Crippen LogP contribution < -0.4 is 0 Å². The fourth-order valence-corrected chi connectivity index (χ4v) is 3.58. The lowest BCUT2D eigenvalue weighted by Gasteiger charge is -2.17. The van der Waals surface area contributed by atoms with Gasteiger partial charge >= 0.3 is 0 Å². The maximum Gasteiger partial charge on any atom is 0.155 e. The number of carbonyl (C=O) groups excluding carboxylic acids is 1. The molecule has 0 radical (unpaired) electrons. The number of carbonyl (C=O) groups is 1. The third-order valence-corrected chi connectivity index (χ3v) is 5.64. The van der Waals surface area contributed by atoms with Crippen LogP contribution in [0.25, 0.3) is 0 Å². The van der Waals surface area contributed by atoms with Crippen molar-refractivity contribution in [2.75, 3.05) is 26.6 Å². The molecule has 0 saturated heterocycles. The smallest absolute Gasteiger partial charge is 0.155 e. The molecule has 0 aromatic carbocycles. The van der Waals surface area contributed by atoms with Gasteiger partial charge in [0.25, 0.3) is 0 Å². The average molecular weight is 451 g/mol. The highest BCUT2D eigenvalue weighted by Crippen LogP contribution is 2.21. The first-order valence-corrected chi connectivity index (χ1v) is 13.0. The average Bonchev–Trinajstić information content (AvgIpc) is 2.80. The minimum absolute atomic E-state index is 0.0497. The predicted molar refractivity (Wildman–Crippen MR) is 135 cm³/mol. The van der Waals surface area contributed by atoms with E-state index in [4.69, 9.17) is 14.2 Å². The van der Waals surface area contributed by atoms with Gasteiger partial charge in [0.1, 0.15) is 12.6 Å². The van der Waals surface area contributed by atoms with Gasteiger partial charge in [-0.2, -0.15) is 0 Å². The summed E-state index contributed by atoms with van der Waals surface area (Å²) in [6, 6.07) is 0. The molecule has 186 valence electrons. The second-order valence-corrected chi connectivity index (χ2v) is 8.65. The van der Waals surface area contributed by atoms with Crippen molar-refractivity contribution in [1.82, 2.24) is 0 Å². The highest BCUT2D eigenvalue weighted by molar-refractivity contribution is 5.89. The van der Waals surface area contributed by atoms with Crippen molar-refractivity contribution in [3.05, 3.63) is 30.7 Å².